The topological polar surface area (TPSA) is 171 Å². The first-order valence-corrected chi connectivity index (χ1v) is 10.2. The molecule has 12 heteroatoms. The number of aliphatic carboxylic acids is 1. The Bertz CT molecular complexity index is 534. The molecule has 0 aromatic heterocycles. The van der Waals surface area contributed by atoms with E-state index in [4.69, 9.17) is 10.8 Å². The fourth-order valence-electron chi connectivity index (χ4n) is 1.87. The summed E-state index contributed by atoms with van der Waals surface area (Å²) in [7, 11) is 0. The number of thioether (sulfide) groups is 1. The van der Waals surface area contributed by atoms with E-state index in [-0.39, 0.29) is 5.75 Å². The Morgan fingerprint density at radius 3 is 2.11 bits per heavy atom. The lowest BCUT2D eigenvalue weighted by Gasteiger charge is -2.25. The first-order valence-electron chi connectivity index (χ1n) is 8.22. The standard InChI is InChI=1S/C15H28N4O6S2/c1-7(15(24)25)17-13(22)10(6-26)18-14(23)11(8(2)20)19-12(21)9(16)4-5-27-3/h7-11,20,26H,4-6,16H2,1-3H3,(H,17,22)(H,18,23)(H,19,21)(H,24,25). The van der Waals surface area contributed by atoms with Gasteiger partial charge in [0.25, 0.3) is 0 Å². The highest BCUT2D eigenvalue weighted by Gasteiger charge is 2.31. The van der Waals surface area contributed by atoms with Gasteiger partial charge in [-0.3, -0.25) is 19.2 Å². The summed E-state index contributed by atoms with van der Waals surface area (Å²) in [5.41, 5.74) is 5.74. The van der Waals surface area contributed by atoms with E-state index in [1.54, 1.807) is 0 Å². The van der Waals surface area contributed by atoms with Crippen LogP contribution in [-0.2, 0) is 19.2 Å². The number of carboxylic acids is 1. The normalized spacial score (nSPS) is 16.4. The van der Waals surface area contributed by atoms with Gasteiger partial charge in [-0.1, -0.05) is 0 Å². The molecule has 0 saturated heterocycles. The molecule has 10 nitrogen and oxygen atoms in total. The van der Waals surface area contributed by atoms with Gasteiger partial charge in [0.05, 0.1) is 12.1 Å². The summed E-state index contributed by atoms with van der Waals surface area (Å²) in [4.78, 5) is 47.3. The van der Waals surface area contributed by atoms with Crippen molar-refractivity contribution in [2.75, 3.05) is 17.8 Å². The van der Waals surface area contributed by atoms with Gasteiger partial charge in [0.1, 0.15) is 18.1 Å². The third-order valence-corrected chi connectivity index (χ3v) is 4.59. The third-order valence-electron chi connectivity index (χ3n) is 3.58. The molecule has 0 aromatic rings. The van der Waals surface area contributed by atoms with Crippen LogP contribution >= 0.6 is 24.4 Å². The predicted molar refractivity (Wildman–Crippen MR) is 106 cm³/mol. The summed E-state index contributed by atoms with van der Waals surface area (Å²) < 4.78 is 0. The largest absolute Gasteiger partial charge is 0.480 e. The second-order valence-corrected chi connectivity index (χ2v) is 7.28. The fraction of sp³-hybridized carbons (Fsp3) is 0.733. The molecule has 7 N–H and O–H groups in total. The lowest BCUT2D eigenvalue weighted by molar-refractivity contribution is -0.141. The Hall–Kier alpha value is -1.50. The molecule has 0 spiro atoms. The van der Waals surface area contributed by atoms with Gasteiger partial charge in [-0.2, -0.15) is 24.4 Å². The molecule has 0 saturated carbocycles. The van der Waals surface area contributed by atoms with E-state index >= 15 is 0 Å². The Labute approximate surface area is 167 Å². The van der Waals surface area contributed by atoms with Crippen LogP contribution in [0.3, 0.4) is 0 Å². The fourth-order valence-corrected chi connectivity index (χ4v) is 2.62. The number of hydrogen-bond acceptors (Lipinski definition) is 8. The Morgan fingerprint density at radius 2 is 1.67 bits per heavy atom. The summed E-state index contributed by atoms with van der Waals surface area (Å²) in [5, 5.41) is 25.6. The average Bonchev–Trinajstić information content (AvgIpc) is 2.60. The molecule has 0 aromatic carbocycles. The van der Waals surface area contributed by atoms with Gasteiger partial charge < -0.3 is 31.9 Å². The molecule has 3 amide bonds. The number of aliphatic hydroxyl groups excluding tert-OH is 1. The maximum absolute atomic E-state index is 12.4. The number of aliphatic hydroxyl groups is 1. The molecule has 0 heterocycles. The number of amides is 3. The maximum Gasteiger partial charge on any atom is 0.325 e. The van der Waals surface area contributed by atoms with E-state index in [0.717, 1.165) is 0 Å². The van der Waals surface area contributed by atoms with Crippen molar-refractivity contribution in [1.29, 1.82) is 0 Å². The quantitative estimate of drug-likeness (QED) is 0.175. The van der Waals surface area contributed by atoms with Gasteiger partial charge >= 0.3 is 5.97 Å². The van der Waals surface area contributed by atoms with E-state index in [1.165, 1.54) is 25.6 Å². The minimum Gasteiger partial charge on any atom is -0.480 e. The number of hydrogen-bond donors (Lipinski definition) is 7. The number of carbonyl (C=O) groups excluding carboxylic acids is 3. The summed E-state index contributed by atoms with van der Waals surface area (Å²) in [6, 6.07) is -4.47. The third kappa shape index (κ3) is 9.31. The van der Waals surface area contributed by atoms with E-state index in [2.05, 4.69) is 28.6 Å². The Kier molecular flexibility index (Phi) is 12.1. The minimum absolute atomic E-state index is 0.113. The van der Waals surface area contributed by atoms with Crippen LogP contribution in [-0.4, -0.2) is 81.9 Å². The van der Waals surface area contributed by atoms with Gasteiger partial charge in [-0.15, -0.1) is 0 Å². The van der Waals surface area contributed by atoms with Crippen molar-refractivity contribution in [1.82, 2.24) is 16.0 Å². The number of nitrogens with two attached hydrogens (primary N) is 1. The highest BCUT2D eigenvalue weighted by atomic mass is 32.2. The van der Waals surface area contributed by atoms with Crippen molar-refractivity contribution in [3.63, 3.8) is 0 Å². The van der Waals surface area contributed by atoms with Crippen molar-refractivity contribution >= 4 is 48.1 Å². The van der Waals surface area contributed by atoms with Crippen molar-refractivity contribution in [2.24, 2.45) is 5.73 Å². The molecule has 156 valence electrons. The lowest BCUT2D eigenvalue weighted by atomic mass is 10.1. The molecule has 0 aliphatic heterocycles. The van der Waals surface area contributed by atoms with Gasteiger partial charge in [-0.05, 0) is 32.3 Å². The van der Waals surface area contributed by atoms with Crippen LogP contribution in [0.5, 0.6) is 0 Å². The molecular formula is C15H28N4O6S2. The zero-order chi connectivity index (χ0) is 21.1. The average molecular weight is 425 g/mol. The molecular weight excluding hydrogens is 396 g/mol. The molecule has 0 aliphatic rings. The first kappa shape index (κ1) is 25.5. The van der Waals surface area contributed by atoms with Crippen LogP contribution in [0, 0.1) is 0 Å². The first-order chi connectivity index (χ1) is 12.5. The van der Waals surface area contributed by atoms with E-state index in [1.807, 2.05) is 6.26 Å². The van der Waals surface area contributed by atoms with Crippen LogP contribution < -0.4 is 21.7 Å². The van der Waals surface area contributed by atoms with Crippen molar-refractivity contribution in [2.45, 2.75) is 50.5 Å². The lowest BCUT2D eigenvalue weighted by Crippen LogP contribution is -2.60. The van der Waals surface area contributed by atoms with Crippen molar-refractivity contribution in [3.05, 3.63) is 0 Å². The zero-order valence-electron chi connectivity index (χ0n) is 15.5. The number of rotatable bonds is 12. The Balaban J connectivity index is 4.96. The van der Waals surface area contributed by atoms with Crippen LogP contribution in [0.15, 0.2) is 0 Å². The van der Waals surface area contributed by atoms with Crippen LogP contribution in [0.4, 0.5) is 0 Å². The van der Waals surface area contributed by atoms with Gasteiger partial charge in [-0.25, -0.2) is 0 Å². The van der Waals surface area contributed by atoms with E-state index in [0.29, 0.717) is 12.2 Å². The van der Waals surface area contributed by atoms with Crippen LogP contribution in [0.1, 0.15) is 20.3 Å². The summed E-state index contributed by atoms with van der Waals surface area (Å²) in [5.74, 6) is -2.85. The summed E-state index contributed by atoms with van der Waals surface area (Å²) in [6.45, 7) is 2.58. The number of carbonyl (C=O) groups is 4. The monoisotopic (exact) mass is 424 g/mol. The highest BCUT2D eigenvalue weighted by molar-refractivity contribution is 7.98. The second-order valence-electron chi connectivity index (χ2n) is 5.93. The Morgan fingerprint density at radius 1 is 1.07 bits per heavy atom. The van der Waals surface area contributed by atoms with Gasteiger partial charge in [0.15, 0.2) is 0 Å². The molecule has 0 fully saturated rings. The SMILES string of the molecule is CSCCC(N)C(=O)NC(C(=O)NC(CS)C(=O)NC(C)C(=O)O)C(C)O. The van der Waals surface area contributed by atoms with Gasteiger partial charge in [0, 0.05) is 5.75 Å². The molecule has 5 atom stereocenters. The predicted octanol–water partition coefficient (Wildman–Crippen LogP) is -2.06. The number of carboxylic acid groups (broad SMARTS) is 1. The number of thiol groups is 1. The van der Waals surface area contributed by atoms with Gasteiger partial charge in [0.2, 0.25) is 17.7 Å². The second kappa shape index (κ2) is 12.8. The zero-order valence-corrected chi connectivity index (χ0v) is 17.2. The van der Waals surface area contributed by atoms with Crippen LogP contribution in [0.25, 0.3) is 0 Å². The van der Waals surface area contributed by atoms with Crippen molar-refractivity contribution < 1.29 is 29.4 Å². The molecule has 0 radical (unpaired) electrons. The maximum atomic E-state index is 12.4. The summed E-state index contributed by atoms with van der Waals surface area (Å²) in [6.07, 6.45) is 1.02. The van der Waals surface area contributed by atoms with Crippen LogP contribution in [0.2, 0.25) is 0 Å². The van der Waals surface area contributed by atoms with E-state index in [9.17, 15) is 24.3 Å². The molecule has 0 rings (SSSR count). The van der Waals surface area contributed by atoms with E-state index < -0.39 is 54.0 Å². The minimum atomic E-state index is -1.33. The molecule has 0 bridgehead atoms. The molecule has 5 unspecified atom stereocenters. The summed E-state index contributed by atoms with van der Waals surface area (Å²) >= 11 is 5.49. The highest BCUT2D eigenvalue weighted by Crippen LogP contribution is 2.02. The number of nitrogens with one attached hydrogen (secondary N) is 3. The smallest absolute Gasteiger partial charge is 0.325 e. The molecule has 0 aliphatic carbocycles. The molecule has 27 heavy (non-hydrogen) atoms. The van der Waals surface area contributed by atoms with Crippen molar-refractivity contribution in [3.8, 4) is 0 Å².